The smallest absolute Gasteiger partial charge is 0.205 e. The molecule has 1 atom stereocenters. The summed E-state index contributed by atoms with van der Waals surface area (Å²) in [5, 5.41) is 1.08. The summed E-state index contributed by atoms with van der Waals surface area (Å²) in [5.74, 6) is 2.45. The molecule has 0 radical (unpaired) electrons. The van der Waals surface area contributed by atoms with Crippen LogP contribution in [0.4, 0.5) is 5.13 Å². The Morgan fingerprint density at radius 2 is 2.30 bits per heavy atom. The molecule has 0 aliphatic carbocycles. The summed E-state index contributed by atoms with van der Waals surface area (Å²) < 4.78 is 6.71. The first-order valence-electron chi connectivity index (χ1n) is 7.23. The van der Waals surface area contributed by atoms with Gasteiger partial charge < -0.3 is 9.47 Å². The number of hydrogen-bond donors (Lipinski definition) is 0. The summed E-state index contributed by atoms with van der Waals surface area (Å²) in [5.41, 5.74) is 0. The zero-order valence-corrected chi connectivity index (χ0v) is 13.1. The van der Waals surface area contributed by atoms with Gasteiger partial charge in [0.05, 0.1) is 0 Å². The number of nitrogens with zero attached hydrogens (tertiary/aromatic N) is 5. The van der Waals surface area contributed by atoms with Crippen molar-refractivity contribution >= 4 is 16.7 Å². The molecular weight excluding hydrogens is 270 g/mol. The van der Waals surface area contributed by atoms with Crippen LogP contribution in [0.15, 0.2) is 12.4 Å². The summed E-state index contributed by atoms with van der Waals surface area (Å²) in [6.45, 7) is 8.42. The number of rotatable bonds is 4. The molecule has 5 nitrogen and oxygen atoms in total. The van der Waals surface area contributed by atoms with Crippen LogP contribution in [0.5, 0.6) is 0 Å². The largest absolute Gasteiger partial charge is 0.342 e. The molecule has 0 aromatic carbocycles. The van der Waals surface area contributed by atoms with Crippen molar-refractivity contribution in [2.75, 3.05) is 11.4 Å². The van der Waals surface area contributed by atoms with Crippen LogP contribution in [-0.4, -0.2) is 31.5 Å². The Bertz CT molecular complexity index is 574. The number of aromatic nitrogens is 4. The Morgan fingerprint density at radius 1 is 1.45 bits per heavy atom. The van der Waals surface area contributed by atoms with E-state index in [4.69, 9.17) is 4.98 Å². The molecule has 1 fully saturated rings. The fourth-order valence-corrected chi connectivity index (χ4v) is 3.59. The molecule has 3 heterocycles. The Labute approximate surface area is 123 Å². The first-order valence-corrected chi connectivity index (χ1v) is 8.00. The molecule has 2 aromatic rings. The molecule has 1 unspecified atom stereocenters. The monoisotopic (exact) mass is 291 g/mol. The maximum Gasteiger partial charge on any atom is 0.205 e. The van der Waals surface area contributed by atoms with Crippen molar-refractivity contribution in [1.29, 1.82) is 0 Å². The van der Waals surface area contributed by atoms with E-state index >= 15 is 0 Å². The van der Waals surface area contributed by atoms with Gasteiger partial charge in [0.2, 0.25) is 5.13 Å². The molecule has 108 valence electrons. The van der Waals surface area contributed by atoms with Gasteiger partial charge in [-0.2, -0.15) is 4.37 Å². The highest BCUT2D eigenvalue weighted by molar-refractivity contribution is 7.09. The fourth-order valence-electron chi connectivity index (χ4n) is 2.68. The Balaban J connectivity index is 1.76. The van der Waals surface area contributed by atoms with Crippen LogP contribution in [-0.2, 0) is 6.54 Å². The number of hydrogen-bond acceptors (Lipinski definition) is 5. The van der Waals surface area contributed by atoms with Gasteiger partial charge in [0.25, 0.3) is 0 Å². The van der Waals surface area contributed by atoms with Crippen LogP contribution in [0.25, 0.3) is 0 Å². The van der Waals surface area contributed by atoms with E-state index in [9.17, 15) is 0 Å². The van der Waals surface area contributed by atoms with Crippen LogP contribution in [0.2, 0.25) is 0 Å². The molecule has 20 heavy (non-hydrogen) atoms. The predicted octanol–water partition coefficient (Wildman–Crippen LogP) is 2.84. The quantitative estimate of drug-likeness (QED) is 0.869. The van der Waals surface area contributed by atoms with E-state index in [0.717, 1.165) is 29.9 Å². The Hall–Kier alpha value is -1.43. The van der Waals surface area contributed by atoms with Gasteiger partial charge in [0, 0.05) is 49.0 Å². The molecule has 1 aliphatic heterocycles. The van der Waals surface area contributed by atoms with Crippen molar-refractivity contribution in [3.63, 3.8) is 0 Å². The maximum atomic E-state index is 4.70. The summed E-state index contributed by atoms with van der Waals surface area (Å²) >= 11 is 1.54. The van der Waals surface area contributed by atoms with Gasteiger partial charge in [-0.05, 0) is 19.8 Å². The topological polar surface area (TPSA) is 46.8 Å². The van der Waals surface area contributed by atoms with Crippen molar-refractivity contribution in [3.05, 3.63) is 24.0 Å². The summed E-state index contributed by atoms with van der Waals surface area (Å²) in [4.78, 5) is 11.4. The highest BCUT2D eigenvalue weighted by atomic mass is 32.1. The van der Waals surface area contributed by atoms with E-state index in [-0.39, 0.29) is 0 Å². The highest BCUT2D eigenvalue weighted by Crippen LogP contribution is 2.29. The lowest BCUT2D eigenvalue weighted by Gasteiger charge is -2.24. The van der Waals surface area contributed by atoms with Gasteiger partial charge in [0.15, 0.2) is 0 Å². The minimum atomic E-state index is 0.400. The highest BCUT2D eigenvalue weighted by Gasteiger charge is 2.28. The molecule has 0 saturated carbocycles. The molecule has 2 aromatic heterocycles. The number of imidazole rings is 1. The SMILES string of the molecule is Cc1nccn1CC1CCCN1c1nc(C(C)C)ns1. The third kappa shape index (κ3) is 2.57. The molecule has 0 amide bonds. The van der Waals surface area contributed by atoms with Gasteiger partial charge in [-0.25, -0.2) is 9.97 Å². The molecular formula is C14H21N5S. The van der Waals surface area contributed by atoms with Gasteiger partial charge in [-0.1, -0.05) is 13.8 Å². The minimum Gasteiger partial charge on any atom is -0.342 e. The third-order valence-electron chi connectivity index (χ3n) is 3.90. The lowest BCUT2D eigenvalue weighted by molar-refractivity contribution is 0.539. The van der Waals surface area contributed by atoms with E-state index in [1.165, 1.54) is 24.4 Å². The average Bonchev–Trinajstić information content (AvgIpc) is 3.11. The molecule has 1 aliphatic rings. The zero-order valence-electron chi connectivity index (χ0n) is 12.3. The van der Waals surface area contributed by atoms with Crippen LogP contribution < -0.4 is 4.90 Å². The molecule has 0 bridgehead atoms. The van der Waals surface area contributed by atoms with Crippen LogP contribution in [0, 0.1) is 6.92 Å². The number of aryl methyl sites for hydroxylation is 1. The molecule has 0 N–H and O–H groups in total. The van der Waals surface area contributed by atoms with E-state index in [0.29, 0.717) is 12.0 Å². The lowest BCUT2D eigenvalue weighted by atomic mass is 10.2. The first kappa shape index (κ1) is 13.5. The Morgan fingerprint density at radius 3 is 2.95 bits per heavy atom. The first-order chi connectivity index (χ1) is 9.65. The van der Waals surface area contributed by atoms with E-state index < -0.39 is 0 Å². The third-order valence-corrected chi connectivity index (χ3v) is 4.67. The number of anilines is 1. The second kappa shape index (κ2) is 5.52. The van der Waals surface area contributed by atoms with Crippen molar-refractivity contribution in [2.24, 2.45) is 0 Å². The summed E-state index contributed by atoms with van der Waals surface area (Å²) in [7, 11) is 0. The van der Waals surface area contributed by atoms with Crippen LogP contribution >= 0.6 is 11.5 Å². The van der Waals surface area contributed by atoms with Gasteiger partial charge in [0.1, 0.15) is 11.6 Å². The standard InChI is InChI=1S/C14H21N5S/c1-10(2)13-16-14(20-17-13)19-7-4-5-12(19)9-18-8-6-15-11(18)3/h6,8,10,12H,4-5,7,9H2,1-3H3. The average molecular weight is 291 g/mol. The van der Waals surface area contributed by atoms with Gasteiger partial charge in [-0.3, -0.25) is 0 Å². The minimum absolute atomic E-state index is 0.400. The molecule has 1 saturated heterocycles. The van der Waals surface area contributed by atoms with Crippen LogP contribution in [0.1, 0.15) is 44.3 Å². The van der Waals surface area contributed by atoms with E-state index in [2.05, 4.69) is 45.8 Å². The summed E-state index contributed by atoms with van der Waals surface area (Å²) in [6.07, 6.45) is 6.38. The van der Waals surface area contributed by atoms with Gasteiger partial charge in [-0.15, -0.1) is 0 Å². The van der Waals surface area contributed by atoms with Crippen molar-refractivity contribution in [2.45, 2.75) is 52.1 Å². The lowest BCUT2D eigenvalue weighted by Crippen LogP contribution is -2.33. The molecule has 3 rings (SSSR count). The van der Waals surface area contributed by atoms with E-state index in [1.807, 2.05) is 6.20 Å². The second-order valence-electron chi connectivity index (χ2n) is 5.71. The normalized spacial score (nSPS) is 19.2. The maximum absolute atomic E-state index is 4.70. The van der Waals surface area contributed by atoms with Crippen LogP contribution in [0.3, 0.4) is 0 Å². The molecule has 6 heteroatoms. The second-order valence-corrected chi connectivity index (χ2v) is 6.44. The van der Waals surface area contributed by atoms with Crippen molar-refractivity contribution < 1.29 is 0 Å². The van der Waals surface area contributed by atoms with E-state index in [1.54, 1.807) is 0 Å². The van der Waals surface area contributed by atoms with Gasteiger partial charge >= 0.3 is 0 Å². The van der Waals surface area contributed by atoms with Crippen molar-refractivity contribution in [1.82, 2.24) is 18.9 Å². The predicted molar refractivity (Wildman–Crippen MR) is 81.3 cm³/mol. The molecule has 0 spiro atoms. The Kier molecular flexibility index (Phi) is 3.74. The fraction of sp³-hybridized carbons (Fsp3) is 0.643. The summed E-state index contributed by atoms with van der Waals surface area (Å²) in [6, 6.07) is 0.510. The van der Waals surface area contributed by atoms with Crippen molar-refractivity contribution in [3.8, 4) is 0 Å². The zero-order chi connectivity index (χ0) is 14.1.